The Morgan fingerprint density at radius 2 is 2.04 bits per heavy atom. The van der Waals surface area contributed by atoms with Gasteiger partial charge in [-0.15, -0.1) is 0 Å². The normalized spacial score (nSPS) is 16.9. The summed E-state index contributed by atoms with van der Waals surface area (Å²) >= 11 is 0. The number of hydrogen-bond acceptors (Lipinski definition) is 4. The monoisotopic (exact) mass is 376 g/mol. The molecular formula is C20H32N4O3. The van der Waals surface area contributed by atoms with Crippen LogP contribution >= 0.6 is 0 Å². The second kappa shape index (κ2) is 10.8. The second-order valence-corrected chi connectivity index (χ2v) is 6.88. The number of hydrogen-bond donors (Lipinski definition) is 1. The summed E-state index contributed by atoms with van der Waals surface area (Å²) in [5, 5.41) is 3.36. The fourth-order valence-electron chi connectivity index (χ4n) is 2.81. The van der Waals surface area contributed by atoms with Crippen LogP contribution in [0.1, 0.15) is 25.3 Å². The zero-order valence-corrected chi connectivity index (χ0v) is 16.9. The zero-order chi connectivity index (χ0) is 19.6. The quantitative estimate of drug-likeness (QED) is 0.553. The number of rotatable bonds is 8. The summed E-state index contributed by atoms with van der Waals surface area (Å²) in [7, 11) is 5.44. The Labute approximate surface area is 162 Å². The van der Waals surface area contributed by atoms with E-state index in [4.69, 9.17) is 9.47 Å². The Morgan fingerprint density at radius 1 is 1.30 bits per heavy atom. The first-order valence-electron chi connectivity index (χ1n) is 9.52. The van der Waals surface area contributed by atoms with Crippen molar-refractivity contribution in [2.24, 2.45) is 4.99 Å². The molecule has 0 aliphatic carbocycles. The number of nitrogens with one attached hydrogen (secondary N) is 1. The van der Waals surface area contributed by atoms with E-state index >= 15 is 0 Å². The number of carbonyl (C=O) groups is 1. The Bertz CT molecular complexity index is 610. The Morgan fingerprint density at radius 3 is 2.63 bits per heavy atom. The zero-order valence-electron chi connectivity index (χ0n) is 16.9. The Balaban J connectivity index is 2.00. The van der Waals surface area contributed by atoms with Crippen LogP contribution in [0.15, 0.2) is 29.3 Å². The Hall–Kier alpha value is -2.28. The minimum atomic E-state index is -0.0270. The first kappa shape index (κ1) is 21.0. The van der Waals surface area contributed by atoms with E-state index in [1.165, 1.54) is 0 Å². The Kier molecular flexibility index (Phi) is 8.39. The minimum absolute atomic E-state index is 0.0270. The lowest BCUT2D eigenvalue weighted by Crippen LogP contribution is -2.42. The highest BCUT2D eigenvalue weighted by atomic mass is 16.5. The summed E-state index contributed by atoms with van der Waals surface area (Å²) in [5.74, 6) is 1.54. The van der Waals surface area contributed by atoms with E-state index in [0.29, 0.717) is 25.7 Å². The molecule has 27 heavy (non-hydrogen) atoms. The number of amides is 1. The molecule has 1 fully saturated rings. The molecule has 7 nitrogen and oxygen atoms in total. The van der Waals surface area contributed by atoms with Crippen LogP contribution in [0.3, 0.4) is 0 Å². The number of likely N-dealkylation sites (N-methyl/N-ethyl adjacent to an activating group) is 1. The molecule has 0 bridgehead atoms. The van der Waals surface area contributed by atoms with Gasteiger partial charge in [0.15, 0.2) is 5.96 Å². The maximum absolute atomic E-state index is 11.9. The SMILES string of the molecule is CCOc1ccc(CN(C)C(=NCC(=O)N(C)C)NCC2CCCO2)cc1. The van der Waals surface area contributed by atoms with Crippen LogP contribution in [0, 0.1) is 0 Å². The minimum Gasteiger partial charge on any atom is -0.494 e. The van der Waals surface area contributed by atoms with Crippen molar-refractivity contribution in [2.45, 2.75) is 32.4 Å². The standard InChI is InChI=1S/C20H32N4O3/c1-5-26-17-10-8-16(9-11-17)15-24(4)20(22-14-19(25)23(2)3)21-13-18-7-6-12-27-18/h8-11,18H,5-7,12-15H2,1-4H3,(H,21,22). The smallest absolute Gasteiger partial charge is 0.243 e. The van der Waals surface area contributed by atoms with Crippen LogP contribution in [0.4, 0.5) is 0 Å². The number of carbonyl (C=O) groups excluding carboxylic acids is 1. The van der Waals surface area contributed by atoms with Crippen molar-refractivity contribution in [3.8, 4) is 5.75 Å². The highest BCUT2D eigenvalue weighted by molar-refractivity contribution is 5.84. The molecule has 1 atom stereocenters. The summed E-state index contributed by atoms with van der Waals surface area (Å²) in [6.07, 6.45) is 2.36. The molecule has 1 amide bonds. The molecule has 0 radical (unpaired) electrons. The van der Waals surface area contributed by atoms with Crippen LogP contribution < -0.4 is 10.1 Å². The number of aliphatic imine (C=N–C) groups is 1. The molecule has 1 saturated heterocycles. The number of ether oxygens (including phenoxy) is 2. The van der Waals surface area contributed by atoms with Crippen LogP contribution in [0.25, 0.3) is 0 Å². The van der Waals surface area contributed by atoms with Gasteiger partial charge in [0.05, 0.1) is 12.7 Å². The number of benzene rings is 1. The largest absolute Gasteiger partial charge is 0.494 e. The van der Waals surface area contributed by atoms with E-state index in [9.17, 15) is 4.79 Å². The van der Waals surface area contributed by atoms with E-state index < -0.39 is 0 Å². The summed E-state index contributed by atoms with van der Waals surface area (Å²) in [6.45, 7) is 4.94. The molecule has 1 aliphatic heterocycles. The first-order valence-corrected chi connectivity index (χ1v) is 9.52. The van der Waals surface area contributed by atoms with Crippen molar-refractivity contribution in [2.75, 3.05) is 47.4 Å². The van der Waals surface area contributed by atoms with Gasteiger partial charge in [-0.05, 0) is 37.5 Å². The van der Waals surface area contributed by atoms with Crippen molar-refractivity contribution in [1.29, 1.82) is 0 Å². The molecule has 1 heterocycles. The van der Waals surface area contributed by atoms with Gasteiger partial charge in [-0.3, -0.25) is 4.79 Å². The van der Waals surface area contributed by atoms with Crippen molar-refractivity contribution >= 4 is 11.9 Å². The van der Waals surface area contributed by atoms with Gasteiger partial charge in [-0.25, -0.2) is 4.99 Å². The molecule has 0 saturated carbocycles. The van der Waals surface area contributed by atoms with Crippen LogP contribution in [-0.2, 0) is 16.1 Å². The van der Waals surface area contributed by atoms with Gasteiger partial charge in [-0.1, -0.05) is 12.1 Å². The predicted octanol–water partition coefficient (Wildman–Crippen LogP) is 1.73. The van der Waals surface area contributed by atoms with Gasteiger partial charge in [-0.2, -0.15) is 0 Å². The molecule has 1 unspecified atom stereocenters. The molecule has 1 N–H and O–H groups in total. The van der Waals surface area contributed by atoms with Crippen LogP contribution in [-0.4, -0.2) is 75.2 Å². The maximum Gasteiger partial charge on any atom is 0.243 e. The van der Waals surface area contributed by atoms with Crippen molar-refractivity contribution < 1.29 is 14.3 Å². The lowest BCUT2D eigenvalue weighted by Gasteiger charge is -2.24. The lowest BCUT2D eigenvalue weighted by molar-refractivity contribution is -0.127. The molecule has 7 heteroatoms. The number of guanidine groups is 1. The molecule has 0 spiro atoms. The van der Waals surface area contributed by atoms with E-state index in [-0.39, 0.29) is 18.6 Å². The average Bonchev–Trinajstić information content (AvgIpc) is 3.16. The van der Waals surface area contributed by atoms with Crippen molar-refractivity contribution in [1.82, 2.24) is 15.1 Å². The third kappa shape index (κ3) is 7.09. The summed E-state index contributed by atoms with van der Waals surface area (Å²) in [4.78, 5) is 20.0. The molecule has 0 aromatic heterocycles. The lowest BCUT2D eigenvalue weighted by atomic mass is 10.2. The molecular weight excluding hydrogens is 344 g/mol. The average molecular weight is 377 g/mol. The van der Waals surface area contributed by atoms with Crippen molar-refractivity contribution in [3.05, 3.63) is 29.8 Å². The van der Waals surface area contributed by atoms with Gasteiger partial charge >= 0.3 is 0 Å². The fourth-order valence-corrected chi connectivity index (χ4v) is 2.81. The fraction of sp³-hybridized carbons (Fsp3) is 0.600. The van der Waals surface area contributed by atoms with Crippen LogP contribution in [0.2, 0.25) is 0 Å². The van der Waals surface area contributed by atoms with Crippen LogP contribution in [0.5, 0.6) is 5.75 Å². The summed E-state index contributed by atoms with van der Waals surface area (Å²) < 4.78 is 11.2. The van der Waals surface area contributed by atoms with E-state index in [2.05, 4.69) is 10.3 Å². The molecule has 2 rings (SSSR count). The summed E-state index contributed by atoms with van der Waals surface area (Å²) in [5.41, 5.74) is 1.14. The highest BCUT2D eigenvalue weighted by Crippen LogP contribution is 2.14. The van der Waals surface area contributed by atoms with E-state index in [0.717, 1.165) is 30.8 Å². The molecule has 150 valence electrons. The predicted molar refractivity (Wildman–Crippen MR) is 107 cm³/mol. The third-order valence-electron chi connectivity index (χ3n) is 4.39. The molecule has 1 aliphatic rings. The van der Waals surface area contributed by atoms with Gasteiger partial charge in [0, 0.05) is 40.8 Å². The van der Waals surface area contributed by atoms with Gasteiger partial charge in [0.1, 0.15) is 12.3 Å². The summed E-state index contributed by atoms with van der Waals surface area (Å²) in [6, 6.07) is 8.03. The second-order valence-electron chi connectivity index (χ2n) is 6.88. The maximum atomic E-state index is 11.9. The van der Waals surface area contributed by atoms with Gasteiger partial charge < -0.3 is 24.6 Å². The van der Waals surface area contributed by atoms with Gasteiger partial charge in [0.2, 0.25) is 5.91 Å². The van der Waals surface area contributed by atoms with Crippen molar-refractivity contribution in [3.63, 3.8) is 0 Å². The molecule has 1 aromatic carbocycles. The highest BCUT2D eigenvalue weighted by Gasteiger charge is 2.17. The van der Waals surface area contributed by atoms with Gasteiger partial charge in [0.25, 0.3) is 0 Å². The number of nitrogens with zero attached hydrogens (tertiary/aromatic N) is 3. The van der Waals surface area contributed by atoms with E-state index in [1.807, 2.05) is 43.1 Å². The third-order valence-corrected chi connectivity index (χ3v) is 4.39. The first-order chi connectivity index (χ1) is 13.0. The van der Waals surface area contributed by atoms with E-state index in [1.54, 1.807) is 19.0 Å². The topological polar surface area (TPSA) is 66.4 Å². The molecule has 1 aromatic rings.